The molecule has 0 bridgehead atoms. The smallest absolute Gasteiger partial charge is 0.545 e. The van der Waals surface area contributed by atoms with E-state index < -0.39 is 5.97 Å². The van der Waals surface area contributed by atoms with Gasteiger partial charge < -0.3 is 15.2 Å². The second kappa shape index (κ2) is 8.45. The number of carbonyl (C=O) groups excluding carboxylic acids is 2. The second-order valence-corrected chi connectivity index (χ2v) is 6.86. The van der Waals surface area contributed by atoms with E-state index in [0.29, 0.717) is 5.56 Å². The predicted molar refractivity (Wildman–Crippen MR) is 106 cm³/mol. The van der Waals surface area contributed by atoms with Gasteiger partial charge in [-0.25, -0.2) is 0 Å². The van der Waals surface area contributed by atoms with Gasteiger partial charge in [0.1, 0.15) is 0 Å². The van der Waals surface area contributed by atoms with E-state index in [2.05, 4.69) is 5.32 Å². The van der Waals surface area contributed by atoms with Gasteiger partial charge >= 0.3 is 18.9 Å². The Labute approximate surface area is 178 Å². The van der Waals surface area contributed by atoms with E-state index in [1.807, 2.05) is 47.2 Å². The van der Waals surface area contributed by atoms with Crippen molar-refractivity contribution in [2.24, 2.45) is 0 Å². The summed E-state index contributed by atoms with van der Waals surface area (Å²) in [5.74, 6) is -1.70. The SMILES string of the molecule is O=C(Nc1ccc(-c2ccsc2)cc1C(=O)[O-])c1ccc2ccccc2c1.[Li+]. The van der Waals surface area contributed by atoms with Crippen LogP contribution in [0.5, 0.6) is 0 Å². The summed E-state index contributed by atoms with van der Waals surface area (Å²) >= 11 is 1.53. The van der Waals surface area contributed by atoms with E-state index in [9.17, 15) is 14.7 Å². The zero-order valence-corrected chi connectivity index (χ0v) is 16.0. The van der Waals surface area contributed by atoms with E-state index in [1.54, 1.807) is 24.3 Å². The topological polar surface area (TPSA) is 69.2 Å². The molecule has 132 valence electrons. The van der Waals surface area contributed by atoms with Gasteiger partial charge in [-0.1, -0.05) is 36.4 Å². The Balaban J connectivity index is 0.00000225. The number of carboxylic acid groups (broad SMARTS) is 1. The van der Waals surface area contributed by atoms with E-state index in [1.165, 1.54) is 17.4 Å². The van der Waals surface area contributed by atoms with Crippen LogP contribution < -0.4 is 29.3 Å². The van der Waals surface area contributed by atoms with Crippen molar-refractivity contribution in [3.05, 3.63) is 88.6 Å². The minimum atomic E-state index is -1.33. The van der Waals surface area contributed by atoms with Gasteiger partial charge in [-0.3, -0.25) is 4.79 Å². The summed E-state index contributed by atoms with van der Waals surface area (Å²) in [6.07, 6.45) is 0. The average Bonchev–Trinajstić information content (AvgIpc) is 3.22. The van der Waals surface area contributed by atoms with Crippen LogP contribution in [-0.2, 0) is 0 Å². The number of rotatable bonds is 4. The minimum absolute atomic E-state index is 0. The Kier molecular flexibility index (Phi) is 6.01. The van der Waals surface area contributed by atoms with E-state index in [0.717, 1.165) is 21.9 Å². The zero-order valence-electron chi connectivity index (χ0n) is 15.1. The fourth-order valence-electron chi connectivity index (χ4n) is 2.96. The predicted octanol–water partition coefficient (Wildman–Crippen LogP) is 1.19. The first-order valence-electron chi connectivity index (χ1n) is 8.30. The molecular formula is C22H14LiNO3S. The van der Waals surface area contributed by atoms with Crippen molar-refractivity contribution in [1.82, 2.24) is 0 Å². The number of carboxylic acids is 1. The maximum atomic E-state index is 12.6. The third-order valence-electron chi connectivity index (χ3n) is 4.35. The van der Waals surface area contributed by atoms with Gasteiger partial charge in [-0.2, -0.15) is 11.3 Å². The molecule has 6 heteroatoms. The third kappa shape index (κ3) is 4.02. The van der Waals surface area contributed by atoms with Crippen molar-refractivity contribution < 1.29 is 33.6 Å². The van der Waals surface area contributed by atoms with E-state index >= 15 is 0 Å². The van der Waals surface area contributed by atoms with E-state index in [-0.39, 0.29) is 36.0 Å². The number of nitrogens with one attached hydrogen (secondary N) is 1. The molecule has 4 nitrogen and oxygen atoms in total. The van der Waals surface area contributed by atoms with Crippen molar-refractivity contribution >= 4 is 39.7 Å². The molecule has 28 heavy (non-hydrogen) atoms. The molecule has 0 atom stereocenters. The molecular weight excluding hydrogens is 365 g/mol. The Bertz CT molecular complexity index is 1160. The molecule has 1 aromatic heterocycles. The van der Waals surface area contributed by atoms with Gasteiger partial charge in [0.2, 0.25) is 0 Å². The Morgan fingerprint density at radius 3 is 2.36 bits per heavy atom. The number of amides is 1. The number of aromatic carboxylic acids is 1. The van der Waals surface area contributed by atoms with Crippen molar-refractivity contribution in [2.75, 3.05) is 5.32 Å². The molecule has 4 rings (SSSR count). The first-order chi connectivity index (χ1) is 13.1. The largest absolute Gasteiger partial charge is 1.00 e. The molecule has 0 aliphatic rings. The van der Waals surface area contributed by atoms with Crippen LogP contribution in [-0.4, -0.2) is 11.9 Å². The van der Waals surface area contributed by atoms with Crippen LogP contribution in [0.3, 0.4) is 0 Å². The van der Waals surface area contributed by atoms with Crippen molar-refractivity contribution in [1.29, 1.82) is 0 Å². The molecule has 0 unspecified atom stereocenters. The van der Waals surface area contributed by atoms with Crippen LogP contribution in [0.15, 0.2) is 77.5 Å². The van der Waals surface area contributed by atoms with Gasteiger partial charge in [-0.15, -0.1) is 0 Å². The number of benzene rings is 3. The summed E-state index contributed by atoms with van der Waals surface area (Å²) in [5, 5.41) is 20.1. The number of fused-ring (bicyclic) bond motifs is 1. The molecule has 0 aliphatic heterocycles. The normalized spacial score (nSPS) is 10.3. The first kappa shape index (κ1) is 19.9. The zero-order chi connectivity index (χ0) is 18.8. The van der Waals surface area contributed by atoms with E-state index in [4.69, 9.17) is 0 Å². The molecule has 0 aliphatic carbocycles. The third-order valence-corrected chi connectivity index (χ3v) is 5.04. The van der Waals surface area contributed by atoms with Gasteiger partial charge in [-0.05, 0) is 63.0 Å². The number of hydrogen-bond donors (Lipinski definition) is 1. The number of anilines is 1. The van der Waals surface area contributed by atoms with Crippen LogP contribution in [0.2, 0.25) is 0 Å². The Morgan fingerprint density at radius 1 is 0.857 bits per heavy atom. The van der Waals surface area contributed by atoms with Crippen LogP contribution in [0.25, 0.3) is 21.9 Å². The Hall–Kier alpha value is -2.84. The maximum absolute atomic E-state index is 12.6. The summed E-state index contributed by atoms with van der Waals surface area (Å²) < 4.78 is 0. The van der Waals surface area contributed by atoms with Crippen LogP contribution in [0.1, 0.15) is 20.7 Å². The maximum Gasteiger partial charge on any atom is 1.00 e. The van der Waals surface area contributed by atoms with Crippen LogP contribution in [0.4, 0.5) is 5.69 Å². The Morgan fingerprint density at radius 2 is 1.64 bits per heavy atom. The molecule has 0 saturated heterocycles. The fraction of sp³-hybridized carbons (Fsp3) is 0. The quantitative estimate of drug-likeness (QED) is 0.542. The average molecular weight is 379 g/mol. The summed E-state index contributed by atoms with van der Waals surface area (Å²) in [4.78, 5) is 24.2. The molecule has 4 aromatic rings. The van der Waals surface area contributed by atoms with Crippen molar-refractivity contribution in [2.45, 2.75) is 0 Å². The molecule has 0 spiro atoms. The second-order valence-electron chi connectivity index (χ2n) is 6.08. The molecule has 1 amide bonds. The van der Waals surface area contributed by atoms with Crippen molar-refractivity contribution in [3.63, 3.8) is 0 Å². The molecule has 0 saturated carbocycles. The van der Waals surface area contributed by atoms with Crippen LogP contribution in [0, 0.1) is 0 Å². The van der Waals surface area contributed by atoms with Gasteiger partial charge in [0.05, 0.1) is 11.7 Å². The number of hydrogen-bond acceptors (Lipinski definition) is 4. The molecule has 1 N–H and O–H groups in total. The van der Waals surface area contributed by atoms with Gasteiger partial charge in [0.15, 0.2) is 0 Å². The number of carbonyl (C=O) groups is 2. The first-order valence-corrected chi connectivity index (χ1v) is 9.24. The molecule has 1 heterocycles. The molecule has 0 fully saturated rings. The monoisotopic (exact) mass is 379 g/mol. The number of thiophene rings is 1. The summed E-state index contributed by atoms with van der Waals surface area (Å²) in [5.41, 5.74) is 2.31. The minimum Gasteiger partial charge on any atom is -0.545 e. The van der Waals surface area contributed by atoms with Crippen molar-refractivity contribution in [3.8, 4) is 11.1 Å². The van der Waals surface area contributed by atoms with Gasteiger partial charge in [0.25, 0.3) is 5.91 Å². The molecule has 3 aromatic carbocycles. The molecule has 0 radical (unpaired) electrons. The standard InChI is InChI=1S/C22H15NO3S.Li/c24-21(17-6-5-14-3-1-2-4-15(14)11-17)23-20-8-7-16(12-19(20)22(25)26)18-9-10-27-13-18;/h1-13H,(H,23,24)(H,25,26);/q;+1/p-1. The summed E-state index contributed by atoms with van der Waals surface area (Å²) in [7, 11) is 0. The summed E-state index contributed by atoms with van der Waals surface area (Å²) in [6, 6.07) is 19.9. The van der Waals surface area contributed by atoms with Gasteiger partial charge in [0, 0.05) is 11.1 Å². The van der Waals surface area contributed by atoms with Crippen LogP contribution >= 0.6 is 11.3 Å². The summed E-state index contributed by atoms with van der Waals surface area (Å²) in [6.45, 7) is 0. The fourth-order valence-corrected chi connectivity index (χ4v) is 3.62.